The van der Waals surface area contributed by atoms with E-state index in [1.54, 1.807) is 19.1 Å². The summed E-state index contributed by atoms with van der Waals surface area (Å²) in [5, 5.41) is 2.76. The third-order valence-electron chi connectivity index (χ3n) is 5.85. The van der Waals surface area contributed by atoms with Crippen LogP contribution < -0.4 is 10.1 Å². The van der Waals surface area contributed by atoms with E-state index in [0.717, 1.165) is 27.8 Å². The SMILES string of the molecule is CNC(=O)C(Cc1ccccc1)N(Cc1cccc(OC)c1)C(=O)Cc1cc(C)ccc1C. The number of aryl methyl sites for hydroxylation is 2. The summed E-state index contributed by atoms with van der Waals surface area (Å²) < 4.78 is 5.36. The second-order valence-electron chi connectivity index (χ2n) is 8.30. The minimum absolute atomic E-state index is 0.0870. The van der Waals surface area contributed by atoms with E-state index >= 15 is 0 Å². The average molecular weight is 445 g/mol. The molecular weight excluding hydrogens is 412 g/mol. The van der Waals surface area contributed by atoms with Crippen LogP contribution in [0.5, 0.6) is 5.75 Å². The van der Waals surface area contributed by atoms with Gasteiger partial charge in [0.05, 0.1) is 13.5 Å². The fraction of sp³-hybridized carbons (Fsp3) is 0.286. The Morgan fingerprint density at radius 2 is 1.67 bits per heavy atom. The molecule has 3 aromatic carbocycles. The van der Waals surface area contributed by atoms with Crippen LogP contribution >= 0.6 is 0 Å². The van der Waals surface area contributed by atoms with Crippen molar-refractivity contribution in [3.05, 3.63) is 101 Å². The lowest BCUT2D eigenvalue weighted by molar-refractivity contribution is -0.140. The van der Waals surface area contributed by atoms with Crippen LogP contribution in [-0.4, -0.2) is 36.9 Å². The molecule has 0 aromatic heterocycles. The lowest BCUT2D eigenvalue weighted by Gasteiger charge is -2.31. The van der Waals surface area contributed by atoms with Gasteiger partial charge in [-0.3, -0.25) is 9.59 Å². The molecule has 0 spiro atoms. The summed E-state index contributed by atoms with van der Waals surface area (Å²) in [4.78, 5) is 28.4. The molecule has 1 N–H and O–H groups in total. The normalized spacial score (nSPS) is 11.5. The molecule has 0 radical (unpaired) electrons. The number of carbonyl (C=O) groups is 2. The molecule has 3 rings (SSSR count). The number of methoxy groups -OCH3 is 1. The number of rotatable bonds is 9. The van der Waals surface area contributed by atoms with Gasteiger partial charge < -0.3 is 15.0 Å². The van der Waals surface area contributed by atoms with Crippen LogP contribution in [0.2, 0.25) is 0 Å². The van der Waals surface area contributed by atoms with Gasteiger partial charge in [-0.15, -0.1) is 0 Å². The molecule has 0 saturated carbocycles. The Kier molecular flexibility index (Phi) is 8.25. The van der Waals surface area contributed by atoms with E-state index in [-0.39, 0.29) is 18.2 Å². The summed E-state index contributed by atoms with van der Waals surface area (Å²) in [6, 6.07) is 22.9. The molecular formula is C28H32N2O3. The first-order valence-electron chi connectivity index (χ1n) is 11.1. The van der Waals surface area contributed by atoms with E-state index < -0.39 is 6.04 Å². The van der Waals surface area contributed by atoms with E-state index in [4.69, 9.17) is 4.74 Å². The molecule has 5 nitrogen and oxygen atoms in total. The van der Waals surface area contributed by atoms with Gasteiger partial charge in [0, 0.05) is 20.0 Å². The molecule has 0 fully saturated rings. The molecule has 1 atom stereocenters. The van der Waals surface area contributed by atoms with Gasteiger partial charge in [0.2, 0.25) is 11.8 Å². The Bertz CT molecular complexity index is 1100. The highest BCUT2D eigenvalue weighted by Crippen LogP contribution is 2.20. The third kappa shape index (κ3) is 6.45. The molecule has 0 aliphatic carbocycles. The predicted octanol–water partition coefficient (Wildman–Crippen LogP) is 4.24. The van der Waals surface area contributed by atoms with Crippen molar-refractivity contribution in [1.29, 1.82) is 0 Å². The Hall–Kier alpha value is -3.60. The van der Waals surface area contributed by atoms with E-state index in [1.165, 1.54) is 0 Å². The van der Waals surface area contributed by atoms with Gasteiger partial charge in [-0.05, 0) is 48.2 Å². The van der Waals surface area contributed by atoms with Crippen LogP contribution in [0.1, 0.15) is 27.8 Å². The number of benzene rings is 3. The number of ether oxygens (including phenoxy) is 1. The fourth-order valence-electron chi connectivity index (χ4n) is 3.94. The van der Waals surface area contributed by atoms with Crippen molar-refractivity contribution in [2.24, 2.45) is 0 Å². The van der Waals surface area contributed by atoms with Crippen LogP contribution in [0.4, 0.5) is 0 Å². The minimum atomic E-state index is -0.638. The molecule has 0 saturated heterocycles. The lowest BCUT2D eigenvalue weighted by atomic mass is 9.99. The van der Waals surface area contributed by atoms with Crippen molar-refractivity contribution in [3.8, 4) is 5.75 Å². The highest BCUT2D eigenvalue weighted by molar-refractivity contribution is 5.88. The van der Waals surface area contributed by atoms with Crippen molar-refractivity contribution in [2.75, 3.05) is 14.2 Å². The highest BCUT2D eigenvalue weighted by Gasteiger charge is 2.30. The number of amides is 2. The van der Waals surface area contributed by atoms with Crippen molar-refractivity contribution < 1.29 is 14.3 Å². The largest absolute Gasteiger partial charge is 0.497 e. The van der Waals surface area contributed by atoms with E-state index in [9.17, 15) is 9.59 Å². The highest BCUT2D eigenvalue weighted by atomic mass is 16.5. The summed E-state index contributed by atoms with van der Waals surface area (Å²) >= 11 is 0. The first-order chi connectivity index (χ1) is 15.9. The molecule has 2 amide bonds. The summed E-state index contributed by atoms with van der Waals surface area (Å²) in [5.74, 6) is 0.445. The molecule has 33 heavy (non-hydrogen) atoms. The van der Waals surface area contributed by atoms with Gasteiger partial charge in [0.25, 0.3) is 0 Å². The number of nitrogens with one attached hydrogen (secondary N) is 1. The van der Waals surface area contributed by atoms with Crippen molar-refractivity contribution in [3.63, 3.8) is 0 Å². The van der Waals surface area contributed by atoms with Gasteiger partial charge in [-0.25, -0.2) is 0 Å². The molecule has 0 bridgehead atoms. The monoisotopic (exact) mass is 444 g/mol. The number of nitrogens with zero attached hydrogens (tertiary/aromatic N) is 1. The van der Waals surface area contributed by atoms with E-state index in [1.807, 2.05) is 86.6 Å². The van der Waals surface area contributed by atoms with Crippen LogP contribution in [0.3, 0.4) is 0 Å². The molecule has 5 heteroatoms. The van der Waals surface area contributed by atoms with Gasteiger partial charge in [0.1, 0.15) is 11.8 Å². The standard InChI is InChI=1S/C28H32N2O3/c1-20-13-14-21(2)24(15-20)18-27(31)30(19-23-11-8-12-25(16-23)33-4)26(28(32)29-3)17-22-9-6-5-7-10-22/h5-16,26H,17-19H2,1-4H3,(H,29,32). The lowest BCUT2D eigenvalue weighted by Crippen LogP contribution is -2.50. The molecule has 0 heterocycles. The van der Waals surface area contributed by atoms with E-state index in [0.29, 0.717) is 18.7 Å². The second kappa shape index (κ2) is 11.3. The molecule has 0 aliphatic heterocycles. The average Bonchev–Trinajstić information content (AvgIpc) is 2.83. The van der Waals surface area contributed by atoms with Crippen LogP contribution in [0.15, 0.2) is 72.8 Å². The van der Waals surface area contributed by atoms with Crippen LogP contribution in [-0.2, 0) is 29.0 Å². The molecule has 1 unspecified atom stereocenters. The zero-order valence-electron chi connectivity index (χ0n) is 19.8. The maximum absolute atomic E-state index is 13.7. The summed E-state index contributed by atoms with van der Waals surface area (Å²) in [5.41, 5.74) is 5.06. The van der Waals surface area contributed by atoms with Gasteiger partial charge in [0.15, 0.2) is 0 Å². The van der Waals surface area contributed by atoms with Crippen LogP contribution in [0.25, 0.3) is 0 Å². The number of hydrogen-bond donors (Lipinski definition) is 1. The van der Waals surface area contributed by atoms with Crippen molar-refractivity contribution in [2.45, 2.75) is 39.3 Å². The molecule has 172 valence electrons. The smallest absolute Gasteiger partial charge is 0.242 e. The Labute approximate surface area is 196 Å². The molecule has 3 aromatic rings. The first-order valence-corrected chi connectivity index (χ1v) is 11.1. The Morgan fingerprint density at radius 3 is 2.36 bits per heavy atom. The fourth-order valence-corrected chi connectivity index (χ4v) is 3.94. The zero-order chi connectivity index (χ0) is 23.8. The Balaban J connectivity index is 1.98. The van der Waals surface area contributed by atoms with Crippen molar-refractivity contribution >= 4 is 11.8 Å². The summed E-state index contributed by atoms with van der Waals surface area (Å²) in [6.45, 7) is 4.34. The number of likely N-dealkylation sites (N-methyl/N-ethyl adjacent to an activating group) is 1. The predicted molar refractivity (Wildman–Crippen MR) is 131 cm³/mol. The van der Waals surface area contributed by atoms with E-state index in [2.05, 4.69) is 5.32 Å². The van der Waals surface area contributed by atoms with Crippen molar-refractivity contribution in [1.82, 2.24) is 10.2 Å². The summed E-state index contributed by atoms with van der Waals surface area (Å²) in [6.07, 6.45) is 0.669. The van der Waals surface area contributed by atoms with Crippen LogP contribution in [0, 0.1) is 13.8 Å². The third-order valence-corrected chi connectivity index (χ3v) is 5.85. The molecule has 0 aliphatic rings. The number of hydrogen-bond acceptors (Lipinski definition) is 3. The number of carbonyl (C=O) groups excluding carboxylic acids is 2. The van der Waals surface area contributed by atoms with Gasteiger partial charge in [-0.2, -0.15) is 0 Å². The topological polar surface area (TPSA) is 58.6 Å². The summed E-state index contributed by atoms with van der Waals surface area (Å²) in [7, 11) is 3.23. The zero-order valence-corrected chi connectivity index (χ0v) is 19.8. The van der Waals surface area contributed by atoms with Gasteiger partial charge >= 0.3 is 0 Å². The Morgan fingerprint density at radius 1 is 0.939 bits per heavy atom. The maximum atomic E-state index is 13.7. The van der Waals surface area contributed by atoms with Gasteiger partial charge in [-0.1, -0.05) is 66.2 Å². The minimum Gasteiger partial charge on any atom is -0.497 e. The quantitative estimate of drug-likeness (QED) is 0.537. The first kappa shape index (κ1) is 24.1. The second-order valence-corrected chi connectivity index (χ2v) is 8.30. The maximum Gasteiger partial charge on any atom is 0.242 e.